The van der Waals surface area contributed by atoms with Crippen LogP contribution in [0.25, 0.3) is 0 Å². The summed E-state index contributed by atoms with van der Waals surface area (Å²) in [4.78, 5) is 9.67. The second-order valence-electron chi connectivity index (χ2n) is 7.21. The number of piperazine rings is 1. The van der Waals surface area contributed by atoms with Gasteiger partial charge in [0.1, 0.15) is 9.84 Å². The van der Waals surface area contributed by atoms with Crippen LogP contribution in [0.3, 0.4) is 0 Å². The van der Waals surface area contributed by atoms with Gasteiger partial charge in [0, 0.05) is 51.6 Å². The standard InChI is InChI=1S/C18H39N5O2S/c1-5-19-18(21-17(3)9-16-26(4,24)25)20-10-7-8-11-23-14-12-22(6-2)13-15-23/h17H,5-16H2,1-4H3,(H2,19,20,21). The molecule has 1 atom stereocenters. The lowest BCUT2D eigenvalue weighted by Gasteiger charge is -2.33. The molecule has 0 saturated carbocycles. The van der Waals surface area contributed by atoms with Crippen molar-refractivity contribution < 1.29 is 8.42 Å². The summed E-state index contributed by atoms with van der Waals surface area (Å²) in [7, 11) is -2.92. The molecule has 0 aromatic carbocycles. The Kier molecular flexibility index (Phi) is 11.2. The molecule has 26 heavy (non-hydrogen) atoms. The first-order valence-electron chi connectivity index (χ1n) is 10.0. The molecular formula is C18H39N5O2S. The van der Waals surface area contributed by atoms with E-state index in [0.29, 0.717) is 6.42 Å². The van der Waals surface area contributed by atoms with Crippen molar-refractivity contribution in [2.24, 2.45) is 4.99 Å². The molecule has 8 heteroatoms. The van der Waals surface area contributed by atoms with Gasteiger partial charge in [-0.05, 0) is 46.2 Å². The van der Waals surface area contributed by atoms with E-state index < -0.39 is 9.84 Å². The third-order valence-corrected chi connectivity index (χ3v) is 5.69. The maximum atomic E-state index is 11.3. The van der Waals surface area contributed by atoms with Gasteiger partial charge in [-0.25, -0.2) is 8.42 Å². The molecule has 0 aliphatic carbocycles. The van der Waals surface area contributed by atoms with E-state index >= 15 is 0 Å². The number of rotatable bonds is 11. The van der Waals surface area contributed by atoms with Crippen molar-refractivity contribution in [2.75, 3.05) is 64.4 Å². The number of likely N-dealkylation sites (N-methyl/N-ethyl adjacent to an activating group) is 1. The number of sulfone groups is 1. The van der Waals surface area contributed by atoms with Gasteiger partial charge in [-0.2, -0.15) is 0 Å². The molecule has 2 N–H and O–H groups in total. The maximum Gasteiger partial charge on any atom is 0.191 e. The van der Waals surface area contributed by atoms with E-state index in [1.165, 1.54) is 38.9 Å². The SMILES string of the molecule is CCNC(=NCCCCN1CCN(CC)CC1)NC(C)CCS(C)(=O)=O. The third kappa shape index (κ3) is 11.0. The maximum absolute atomic E-state index is 11.3. The van der Waals surface area contributed by atoms with E-state index in [0.717, 1.165) is 38.6 Å². The summed E-state index contributed by atoms with van der Waals surface area (Å²) >= 11 is 0. The Morgan fingerprint density at radius 3 is 2.35 bits per heavy atom. The minimum Gasteiger partial charge on any atom is -0.357 e. The molecule has 0 aromatic heterocycles. The predicted molar refractivity (Wildman–Crippen MR) is 111 cm³/mol. The molecule has 0 radical (unpaired) electrons. The zero-order valence-corrected chi connectivity index (χ0v) is 17.9. The molecule has 1 fully saturated rings. The van der Waals surface area contributed by atoms with E-state index in [-0.39, 0.29) is 11.8 Å². The molecule has 1 aliphatic rings. The van der Waals surface area contributed by atoms with E-state index in [9.17, 15) is 8.42 Å². The molecule has 7 nitrogen and oxygen atoms in total. The van der Waals surface area contributed by atoms with Gasteiger partial charge in [0.15, 0.2) is 5.96 Å². The number of unbranched alkanes of at least 4 members (excludes halogenated alkanes) is 1. The molecule has 1 heterocycles. The van der Waals surface area contributed by atoms with Crippen LogP contribution in [0.2, 0.25) is 0 Å². The minimum atomic E-state index is -2.92. The lowest BCUT2D eigenvalue weighted by atomic mass is 10.2. The lowest BCUT2D eigenvalue weighted by Crippen LogP contribution is -2.46. The highest BCUT2D eigenvalue weighted by Gasteiger charge is 2.14. The van der Waals surface area contributed by atoms with Crippen molar-refractivity contribution in [3.05, 3.63) is 0 Å². The van der Waals surface area contributed by atoms with Gasteiger partial charge in [0.25, 0.3) is 0 Å². The lowest BCUT2D eigenvalue weighted by molar-refractivity contribution is 0.136. The third-order valence-electron chi connectivity index (χ3n) is 4.71. The van der Waals surface area contributed by atoms with Crippen LogP contribution in [0.5, 0.6) is 0 Å². The Morgan fingerprint density at radius 2 is 1.77 bits per heavy atom. The average Bonchev–Trinajstić information content (AvgIpc) is 2.60. The summed E-state index contributed by atoms with van der Waals surface area (Å²) < 4.78 is 22.6. The summed E-state index contributed by atoms with van der Waals surface area (Å²) in [5.74, 6) is 0.983. The van der Waals surface area contributed by atoms with E-state index in [4.69, 9.17) is 0 Å². The van der Waals surface area contributed by atoms with Crippen LogP contribution >= 0.6 is 0 Å². The van der Waals surface area contributed by atoms with Crippen LogP contribution in [0, 0.1) is 0 Å². The normalized spacial score (nSPS) is 18.7. The fraction of sp³-hybridized carbons (Fsp3) is 0.944. The second kappa shape index (κ2) is 12.5. The smallest absolute Gasteiger partial charge is 0.191 e. The first kappa shape index (κ1) is 23.2. The fourth-order valence-corrected chi connectivity index (χ4v) is 3.77. The highest BCUT2D eigenvalue weighted by atomic mass is 32.2. The molecule has 0 amide bonds. The first-order valence-corrected chi connectivity index (χ1v) is 12.1. The molecule has 154 valence electrons. The Labute approximate surface area is 160 Å². The van der Waals surface area contributed by atoms with Crippen LogP contribution in [0.4, 0.5) is 0 Å². The summed E-state index contributed by atoms with van der Waals surface area (Å²) in [5.41, 5.74) is 0. The van der Waals surface area contributed by atoms with Gasteiger partial charge in [-0.15, -0.1) is 0 Å². The van der Waals surface area contributed by atoms with Crippen molar-refractivity contribution in [1.29, 1.82) is 0 Å². The van der Waals surface area contributed by atoms with Gasteiger partial charge in [-0.1, -0.05) is 6.92 Å². The number of nitrogens with one attached hydrogen (secondary N) is 2. The van der Waals surface area contributed by atoms with Gasteiger partial charge < -0.3 is 20.4 Å². The van der Waals surface area contributed by atoms with Crippen molar-refractivity contribution in [1.82, 2.24) is 20.4 Å². The Bertz CT molecular complexity index is 502. The molecular weight excluding hydrogens is 350 g/mol. The van der Waals surface area contributed by atoms with Crippen molar-refractivity contribution in [3.8, 4) is 0 Å². The highest BCUT2D eigenvalue weighted by molar-refractivity contribution is 7.90. The van der Waals surface area contributed by atoms with Gasteiger partial charge in [0.05, 0.1) is 5.75 Å². The summed E-state index contributed by atoms with van der Waals surface area (Å²) in [6, 6.07) is 0.0809. The van der Waals surface area contributed by atoms with Gasteiger partial charge in [-0.3, -0.25) is 4.99 Å². The second-order valence-corrected chi connectivity index (χ2v) is 9.47. The van der Waals surface area contributed by atoms with Crippen LogP contribution in [0.1, 0.15) is 40.0 Å². The zero-order valence-electron chi connectivity index (χ0n) is 17.1. The Morgan fingerprint density at radius 1 is 1.12 bits per heavy atom. The summed E-state index contributed by atoms with van der Waals surface area (Å²) in [6.45, 7) is 14.9. The van der Waals surface area contributed by atoms with Gasteiger partial charge in [0.2, 0.25) is 0 Å². The van der Waals surface area contributed by atoms with Crippen molar-refractivity contribution >= 4 is 15.8 Å². The molecule has 1 saturated heterocycles. The number of nitrogens with zero attached hydrogens (tertiary/aromatic N) is 3. The minimum absolute atomic E-state index is 0.0809. The van der Waals surface area contributed by atoms with Crippen molar-refractivity contribution in [2.45, 2.75) is 46.1 Å². The number of hydrogen-bond acceptors (Lipinski definition) is 5. The topological polar surface area (TPSA) is 77.0 Å². The quantitative estimate of drug-likeness (QED) is 0.309. The Balaban J connectivity index is 2.24. The molecule has 0 spiro atoms. The number of hydrogen-bond donors (Lipinski definition) is 2. The van der Waals surface area contributed by atoms with Crippen LogP contribution < -0.4 is 10.6 Å². The zero-order chi connectivity index (χ0) is 19.4. The predicted octanol–water partition coefficient (Wildman–Crippen LogP) is 0.782. The van der Waals surface area contributed by atoms with Crippen LogP contribution in [0.15, 0.2) is 4.99 Å². The number of guanidine groups is 1. The summed E-state index contributed by atoms with van der Waals surface area (Å²) in [6.07, 6.45) is 4.11. The molecule has 1 aliphatic heterocycles. The largest absolute Gasteiger partial charge is 0.357 e. The number of aliphatic imine (C=N–C) groups is 1. The Hall–Kier alpha value is -0.860. The molecule has 0 bridgehead atoms. The average molecular weight is 390 g/mol. The summed E-state index contributed by atoms with van der Waals surface area (Å²) in [5, 5.41) is 6.54. The highest BCUT2D eigenvalue weighted by Crippen LogP contribution is 2.03. The van der Waals surface area contributed by atoms with Crippen LogP contribution in [-0.2, 0) is 9.84 Å². The molecule has 0 aromatic rings. The van der Waals surface area contributed by atoms with E-state index in [1.54, 1.807) is 0 Å². The van der Waals surface area contributed by atoms with E-state index in [2.05, 4.69) is 32.3 Å². The van der Waals surface area contributed by atoms with Gasteiger partial charge >= 0.3 is 0 Å². The first-order chi connectivity index (χ1) is 12.3. The molecule has 1 unspecified atom stereocenters. The van der Waals surface area contributed by atoms with Crippen LogP contribution in [-0.4, -0.2) is 94.6 Å². The van der Waals surface area contributed by atoms with Crippen molar-refractivity contribution in [3.63, 3.8) is 0 Å². The molecule has 1 rings (SSSR count). The monoisotopic (exact) mass is 389 g/mol. The fourth-order valence-electron chi connectivity index (χ4n) is 2.98. The van der Waals surface area contributed by atoms with E-state index in [1.807, 2.05) is 13.8 Å².